The van der Waals surface area contributed by atoms with Crippen LogP contribution in [-0.2, 0) is 19.9 Å². The minimum absolute atomic E-state index is 0.0841. The van der Waals surface area contributed by atoms with Gasteiger partial charge in [0.25, 0.3) is 0 Å². The zero-order chi connectivity index (χ0) is 27.3. The highest BCUT2D eigenvalue weighted by Crippen LogP contribution is 2.42. The number of amides is 1. The third-order valence-electron chi connectivity index (χ3n) is 7.83. The van der Waals surface area contributed by atoms with Crippen molar-refractivity contribution in [1.82, 2.24) is 4.90 Å². The van der Waals surface area contributed by atoms with Crippen LogP contribution in [0, 0.1) is 11.7 Å². The average molecular weight is 547 g/mol. The van der Waals surface area contributed by atoms with E-state index in [1.54, 1.807) is 35.9 Å². The Balaban J connectivity index is 1.69. The van der Waals surface area contributed by atoms with Crippen LogP contribution in [0.15, 0.2) is 47.4 Å². The van der Waals surface area contributed by atoms with Gasteiger partial charge in [0.2, 0.25) is 5.91 Å². The first kappa shape index (κ1) is 29.0. The molecule has 1 saturated heterocycles. The molecule has 38 heavy (non-hydrogen) atoms. The van der Waals surface area contributed by atoms with Crippen LogP contribution in [0.2, 0.25) is 0 Å². The standard InChI is InChI=1S/C29H39FN2O5S/c1-36-13-4-3-11-29(35,22-9-6-10-23(30)27(22)19-7-5-8-21(15-19)38-2)26-18-32(12-14-37-26)28(34)20-16-24(31)25(33)17-20/h5-10,15,20,24-26,33,35H,3-4,11-14,16-18,31H2,1-2H3/t20-,24+,25-,26+,29-/m0/s1. The van der Waals surface area contributed by atoms with Gasteiger partial charge in [0, 0.05) is 42.7 Å². The molecule has 1 aliphatic heterocycles. The van der Waals surface area contributed by atoms with E-state index in [9.17, 15) is 15.0 Å². The monoisotopic (exact) mass is 546 g/mol. The van der Waals surface area contributed by atoms with Crippen molar-refractivity contribution in [2.24, 2.45) is 11.7 Å². The molecule has 5 atom stereocenters. The van der Waals surface area contributed by atoms with Crippen LogP contribution in [0.4, 0.5) is 4.39 Å². The number of unbranched alkanes of at least 4 members (excludes halogenated alkanes) is 1. The molecule has 4 N–H and O–H groups in total. The molecule has 7 nitrogen and oxygen atoms in total. The van der Waals surface area contributed by atoms with Gasteiger partial charge in [-0.15, -0.1) is 11.8 Å². The summed E-state index contributed by atoms with van der Waals surface area (Å²) in [6.45, 7) is 1.36. The van der Waals surface area contributed by atoms with Gasteiger partial charge in [-0.3, -0.25) is 4.79 Å². The van der Waals surface area contributed by atoms with Gasteiger partial charge >= 0.3 is 0 Å². The molecule has 0 unspecified atom stereocenters. The summed E-state index contributed by atoms with van der Waals surface area (Å²) in [6, 6.07) is 12.0. The predicted octanol–water partition coefficient (Wildman–Crippen LogP) is 3.54. The largest absolute Gasteiger partial charge is 0.391 e. The van der Waals surface area contributed by atoms with Crippen molar-refractivity contribution >= 4 is 17.7 Å². The molecule has 0 radical (unpaired) electrons. The lowest BCUT2D eigenvalue weighted by Crippen LogP contribution is -2.55. The number of carbonyl (C=O) groups is 1. The van der Waals surface area contributed by atoms with E-state index in [1.807, 2.05) is 30.5 Å². The molecule has 2 fully saturated rings. The van der Waals surface area contributed by atoms with Gasteiger partial charge in [-0.05, 0) is 67.7 Å². The van der Waals surface area contributed by atoms with Crippen molar-refractivity contribution in [2.45, 2.75) is 60.9 Å². The van der Waals surface area contributed by atoms with E-state index in [-0.39, 0.29) is 25.0 Å². The molecule has 4 rings (SSSR count). The van der Waals surface area contributed by atoms with Crippen LogP contribution in [0.3, 0.4) is 0 Å². The van der Waals surface area contributed by atoms with Crippen LogP contribution in [0.25, 0.3) is 11.1 Å². The molecule has 0 bridgehead atoms. The van der Waals surface area contributed by atoms with E-state index in [0.29, 0.717) is 55.5 Å². The second-order valence-electron chi connectivity index (χ2n) is 10.3. The number of nitrogens with two attached hydrogens (primary N) is 1. The summed E-state index contributed by atoms with van der Waals surface area (Å²) in [5.74, 6) is -0.861. The van der Waals surface area contributed by atoms with Crippen LogP contribution in [-0.4, -0.2) is 78.9 Å². The summed E-state index contributed by atoms with van der Waals surface area (Å²) >= 11 is 1.57. The maximum atomic E-state index is 15.5. The predicted molar refractivity (Wildman–Crippen MR) is 146 cm³/mol. The van der Waals surface area contributed by atoms with Gasteiger partial charge in [-0.2, -0.15) is 0 Å². The SMILES string of the molecule is COCCCC[C@](O)(c1cccc(F)c1-c1cccc(SC)c1)[C@H]1CN(C(=O)[C@H]2C[C@@H](N)[C@@H](O)C2)CCO1. The number of thioether (sulfide) groups is 1. The van der Waals surface area contributed by atoms with Gasteiger partial charge < -0.3 is 30.3 Å². The second-order valence-corrected chi connectivity index (χ2v) is 11.2. The lowest BCUT2D eigenvalue weighted by atomic mass is 9.78. The summed E-state index contributed by atoms with van der Waals surface area (Å²) in [4.78, 5) is 16.1. The Morgan fingerprint density at radius 1 is 1.26 bits per heavy atom. The summed E-state index contributed by atoms with van der Waals surface area (Å²) < 4.78 is 26.9. The maximum Gasteiger partial charge on any atom is 0.226 e. The molecule has 0 spiro atoms. The number of carbonyl (C=O) groups excluding carboxylic acids is 1. The number of aliphatic hydroxyl groups excluding tert-OH is 1. The lowest BCUT2D eigenvalue weighted by Gasteiger charge is -2.43. The number of methoxy groups -OCH3 is 1. The molecule has 2 aromatic carbocycles. The van der Waals surface area contributed by atoms with Gasteiger partial charge in [0.1, 0.15) is 17.5 Å². The number of hydrogen-bond donors (Lipinski definition) is 3. The zero-order valence-corrected chi connectivity index (χ0v) is 23.0. The van der Waals surface area contributed by atoms with E-state index in [0.717, 1.165) is 11.3 Å². The second kappa shape index (κ2) is 12.9. The van der Waals surface area contributed by atoms with Gasteiger partial charge in [0.05, 0.1) is 19.3 Å². The van der Waals surface area contributed by atoms with E-state index in [1.165, 1.54) is 6.07 Å². The Bertz CT molecular complexity index is 1090. The number of rotatable bonds is 10. The number of ether oxygens (including phenoxy) is 2. The Kier molecular flexibility index (Phi) is 9.84. The highest BCUT2D eigenvalue weighted by atomic mass is 32.2. The fraction of sp³-hybridized carbons (Fsp3) is 0.552. The molecular weight excluding hydrogens is 507 g/mol. The third kappa shape index (κ3) is 6.24. The molecule has 2 aliphatic rings. The van der Waals surface area contributed by atoms with E-state index < -0.39 is 29.7 Å². The first-order chi connectivity index (χ1) is 18.3. The Morgan fingerprint density at radius 2 is 2.05 bits per heavy atom. The first-order valence-corrected chi connectivity index (χ1v) is 14.5. The van der Waals surface area contributed by atoms with Crippen LogP contribution in [0.1, 0.15) is 37.7 Å². The smallest absolute Gasteiger partial charge is 0.226 e. The normalized spacial score (nSPS) is 25.4. The fourth-order valence-electron chi connectivity index (χ4n) is 5.71. The van der Waals surface area contributed by atoms with E-state index >= 15 is 4.39 Å². The number of hydrogen-bond acceptors (Lipinski definition) is 7. The highest BCUT2D eigenvalue weighted by molar-refractivity contribution is 7.98. The van der Waals surface area contributed by atoms with Crippen LogP contribution >= 0.6 is 11.8 Å². The minimum Gasteiger partial charge on any atom is -0.391 e. The Labute approximate surface area is 228 Å². The molecule has 1 amide bonds. The molecule has 1 heterocycles. The Hall–Kier alpha value is -2.01. The molecule has 2 aromatic rings. The number of nitrogens with zero attached hydrogens (tertiary/aromatic N) is 1. The first-order valence-electron chi connectivity index (χ1n) is 13.3. The number of benzene rings is 2. The van der Waals surface area contributed by atoms with Gasteiger partial charge in [0.15, 0.2) is 0 Å². The topological polar surface area (TPSA) is 105 Å². The van der Waals surface area contributed by atoms with Crippen LogP contribution < -0.4 is 5.73 Å². The summed E-state index contributed by atoms with van der Waals surface area (Å²) in [7, 11) is 1.63. The van der Waals surface area contributed by atoms with Crippen molar-refractivity contribution in [2.75, 3.05) is 39.7 Å². The number of morpholine rings is 1. The van der Waals surface area contributed by atoms with Crippen molar-refractivity contribution in [3.8, 4) is 11.1 Å². The van der Waals surface area contributed by atoms with Crippen molar-refractivity contribution in [3.63, 3.8) is 0 Å². The summed E-state index contributed by atoms with van der Waals surface area (Å²) in [5, 5.41) is 22.5. The van der Waals surface area contributed by atoms with Crippen molar-refractivity contribution < 1.29 is 28.9 Å². The summed E-state index contributed by atoms with van der Waals surface area (Å²) in [6.07, 6.45) is 2.95. The highest BCUT2D eigenvalue weighted by Gasteiger charge is 2.46. The molecule has 1 aliphatic carbocycles. The van der Waals surface area contributed by atoms with E-state index in [2.05, 4.69) is 0 Å². The molecule has 9 heteroatoms. The number of aliphatic hydroxyl groups is 2. The summed E-state index contributed by atoms with van der Waals surface area (Å²) in [5.41, 5.74) is 5.88. The molecule has 1 saturated carbocycles. The van der Waals surface area contributed by atoms with Gasteiger partial charge in [-0.25, -0.2) is 4.39 Å². The minimum atomic E-state index is -1.55. The zero-order valence-electron chi connectivity index (χ0n) is 22.1. The lowest BCUT2D eigenvalue weighted by molar-refractivity contribution is -0.167. The van der Waals surface area contributed by atoms with Crippen molar-refractivity contribution in [1.29, 1.82) is 0 Å². The number of halogens is 1. The van der Waals surface area contributed by atoms with Crippen LogP contribution in [0.5, 0.6) is 0 Å². The Morgan fingerprint density at radius 3 is 2.76 bits per heavy atom. The molecule has 208 valence electrons. The third-order valence-corrected chi connectivity index (χ3v) is 8.56. The van der Waals surface area contributed by atoms with Crippen molar-refractivity contribution in [3.05, 3.63) is 53.8 Å². The van der Waals surface area contributed by atoms with E-state index in [4.69, 9.17) is 15.2 Å². The van der Waals surface area contributed by atoms with Gasteiger partial charge in [-0.1, -0.05) is 24.3 Å². The average Bonchev–Trinajstić information content (AvgIpc) is 3.28. The molecule has 0 aromatic heterocycles. The maximum absolute atomic E-state index is 15.5. The fourth-order valence-corrected chi connectivity index (χ4v) is 6.17. The molecular formula is C29H39FN2O5S. The quantitative estimate of drug-likeness (QED) is 0.309.